The molecule has 0 radical (unpaired) electrons. The van der Waals surface area contributed by atoms with Crippen LogP contribution in [0.15, 0.2) is 25.0 Å². The fraction of sp³-hybridized carbons (Fsp3) is 0.588. The summed E-state index contributed by atoms with van der Waals surface area (Å²) in [5.41, 5.74) is 0. The molecule has 8 nitrogen and oxygen atoms in total. The molecule has 2 unspecified atom stereocenters. The van der Waals surface area contributed by atoms with E-state index in [2.05, 4.69) is 43.7 Å². The van der Waals surface area contributed by atoms with E-state index in [1.165, 1.54) is 19.1 Å². The molecule has 2 aromatic heterocycles. The lowest BCUT2D eigenvalue weighted by molar-refractivity contribution is -0.139. The minimum absolute atomic E-state index is 0.0716. The Morgan fingerprint density at radius 2 is 1.76 bits per heavy atom. The van der Waals surface area contributed by atoms with Crippen molar-refractivity contribution in [3.8, 4) is 5.82 Å². The number of nitrogens with zero attached hydrogens (tertiary/aromatic N) is 7. The van der Waals surface area contributed by atoms with Crippen LogP contribution in [0.5, 0.6) is 0 Å². The van der Waals surface area contributed by atoms with E-state index >= 15 is 0 Å². The lowest BCUT2D eigenvalue weighted by Crippen LogP contribution is -2.56. The molecule has 2 saturated heterocycles. The van der Waals surface area contributed by atoms with Gasteiger partial charge in [0.05, 0.1) is 5.92 Å². The van der Waals surface area contributed by atoms with Crippen LogP contribution in [0.3, 0.4) is 0 Å². The molecular formula is C17H23N7O. The predicted octanol–water partition coefficient (Wildman–Crippen LogP) is 0.998. The normalized spacial score (nSPS) is 24.2. The van der Waals surface area contributed by atoms with Crippen LogP contribution in [0.2, 0.25) is 0 Å². The molecule has 0 spiro atoms. The van der Waals surface area contributed by atoms with Gasteiger partial charge in [-0.3, -0.25) is 4.79 Å². The van der Waals surface area contributed by atoms with Gasteiger partial charge in [-0.2, -0.15) is 5.10 Å². The molecule has 25 heavy (non-hydrogen) atoms. The third kappa shape index (κ3) is 3.20. The number of anilines is 1. The lowest BCUT2D eigenvalue weighted by atomic mass is 9.89. The Morgan fingerprint density at radius 1 is 1.04 bits per heavy atom. The highest BCUT2D eigenvalue weighted by Crippen LogP contribution is 2.28. The van der Waals surface area contributed by atoms with Gasteiger partial charge >= 0.3 is 0 Å². The Labute approximate surface area is 146 Å². The van der Waals surface area contributed by atoms with Gasteiger partial charge in [0.1, 0.15) is 24.8 Å². The second-order valence-corrected chi connectivity index (χ2v) is 7.37. The van der Waals surface area contributed by atoms with Crippen LogP contribution >= 0.6 is 0 Å². The zero-order valence-corrected chi connectivity index (χ0v) is 14.6. The molecule has 4 heterocycles. The first-order valence-corrected chi connectivity index (χ1v) is 8.81. The van der Waals surface area contributed by atoms with Gasteiger partial charge in [0, 0.05) is 32.2 Å². The van der Waals surface area contributed by atoms with E-state index in [-0.39, 0.29) is 5.92 Å². The molecule has 2 fully saturated rings. The average molecular weight is 341 g/mol. The highest BCUT2D eigenvalue weighted by Gasteiger charge is 2.38. The predicted molar refractivity (Wildman–Crippen MR) is 92.2 cm³/mol. The Hall–Kier alpha value is -2.51. The first-order chi connectivity index (χ1) is 12.1. The van der Waals surface area contributed by atoms with Gasteiger partial charge in [-0.15, -0.1) is 0 Å². The first-order valence-electron chi connectivity index (χ1n) is 8.81. The first kappa shape index (κ1) is 16.0. The van der Waals surface area contributed by atoms with Crippen LogP contribution in [-0.4, -0.2) is 61.7 Å². The molecule has 2 atom stereocenters. The fourth-order valence-electron chi connectivity index (χ4n) is 3.88. The number of aromatic nitrogens is 5. The van der Waals surface area contributed by atoms with Crippen molar-refractivity contribution >= 4 is 11.7 Å². The van der Waals surface area contributed by atoms with Crippen LogP contribution < -0.4 is 4.90 Å². The van der Waals surface area contributed by atoms with Gasteiger partial charge in [-0.05, 0) is 18.3 Å². The maximum atomic E-state index is 12.7. The van der Waals surface area contributed by atoms with E-state index < -0.39 is 0 Å². The van der Waals surface area contributed by atoms with Gasteiger partial charge in [0.2, 0.25) is 5.91 Å². The fourth-order valence-corrected chi connectivity index (χ4v) is 3.88. The van der Waals surface area contributed by atoms with E-state index in [9.17, 15) is 4.79 Å². The van der Waals surface area contributed by atoms with Crippen molar-refractivity contribution in [3.63, 3.8) is 0 Å². The van der Waals surface area contributed by atoms with Crippen molar-refractivity contribution in [3.05, 3.63) is 25.0 Å². The van der Waals surface area contributed by atoms with Crippen molar-refractivity contribution in [2.45, 2.75) is 20.3 Å². The highest BCUT2D eigenvalue weighted by atomic mass is 16.2. The molecule has 0 bridgehead atoms. The van der Waals surface area contributed by atoms with Crippen LogP contribution in [-0.2, 0) is 4.79 Å². The number of likely N-dealkylation sites (tertiary alicyclic amines) is 1. The molecule has 1 amide bonds. The molecule has 132 valence electrons. The number of carbonyl (C=O) groups is 1. The summed E-state index contributed by atoms with van der Waals surface area (Å²) in [6.07, 6.45) is 5.82. The second kappa shape index (κ2) is 6.42. The standard InChI is InChI=1S/C17H23N7O/c1-12-3-13(2)6-23(5-12)17(25)14-7-22(8-14)15-4-16(20-10-19-15)24-11-18-9-21-24/h4,9-14H,3,5-8H2,1-2H3. The van der Waals surface area contributed by atoms with Crippen LogP contribution in [0.4, 0.5) is 5.82 Å². The topological polar surface area (TPSA) is 80.0 Å². The molecule has 2 aliphatic rings. The second-order valence-electron chi connectivity index (χ2n) is 7.37. The van der Waals surface area contributed by atoms with Crippen LogP contribution in [0.1, 0.15) is 20.3 Å². The maximum Gasteiger partial charge on any atom is 0.229 e. The quantitative estimate of drug-likeness (QED) is 0.828. The summed E-state index contributed by atoms with van der Waals surface area (Å²) in [6.45, 7) is 7.68. The number of hydrogen-bond donors (Lipinski definition) is 0. The van der Waals surface area contributed by atoms with Gasteiger partial charge in [0.25, 0.3) is 0 Å². The number of rotatable bonds is 3. The van der Waals surface area contributed by atoms with Crippen molar-refractivity contribution in [2.75, 3.05) is 31.1 Å². The molecule has 8 heteroatoms. The molecule has 0 N–H and O–H groups in total. The molecule has 0 aromatic carbocycles. The third-order valence-corrected chi connectivity index (χ3v) is 5.03. The van der Waals surface area contributed by atoms with Crippen LogP contribution in [0.25, 0.3) is 5.82 Å². The number of amides is 1. The van der Waals surface area contributed by atoms with Crippen molar-refractivity contribution in [1.82, 2.24) is 29.6 Å². The van der Waals surface area contributed by atoms with Gasteiger partial charge in [-0.25, -0.2) is 19.6 Å². The number of hydrogen-bond acceptors (Lipinski definition) is 6. The minimum atomic E-state index is 0.0716. The largest absolute Gasteiger partial charge is 0.355 e. The SMILES string of the molecule is CC1CC(C)CN(C(=O)C2CN(c3cc(-n4cncn4)ncn3)C2)C1. The summed E-state index contributed by atoms with van der Waals surface area (Å²) in [5, 5.41) is 4.09. The van der Waals surface area contributed by atoms with E-state index in [1.807, 2.05) is 6.07 Å². The molecule has 0 saturated carbocycles. The van der Waals surface area contributed by atoms with Crippen LogP contribution in [0, 0.1) is 17.8 Å². The van der Waals surface area contributed by atoms with E-state index in [0.717, 1.165) is 18.9 Å². The van der Waals surface area contributed by atoms with E-state index in [0.29, 0.717) is 36.7 Å². The zero-order valence-electron chi connectivity index (χ0n) is 14.6. The third-order valence-electron chi connectivity index (χ3n) is 5.03. The summed E-state index contributed by atoms with van der Waals surface area (Å²) < 4.78 is 1.60. The Kier molecular flexibility index (Phi) is 4.10. The molecule has 4 rings (SSSR count). The number of carbonyl (C=O) groups excluding carboxylic acids is 1. The van der Waals surface area contributed by atoms with Gasteiger partial charge < -0.3 is 9.80 Å². The molecule has 2 aromatic rings. The Bertz CT molecular complexity index is 731. The van der Waals surface area contributed by atoms with Gasteiger partial charge in [-0.1, -0.05) is 13.8 Å². The number of piperidine rings is 1. The summed E-state index contributed by atoms with van der Waals surface area (Å²) in [6, 6.07) is 1.88. The lowest BCUT2D eigenvalue weighted by Gasteiger charge is -2.43. The van der Waals surface area contributed by atoms with Crippen molar-refractivity contribution < 1.29 is 4.79 Å². The minimum Gasteiger partial charge on any atom is -0.355 e. The van der Waals surface area contributed by atoms with Crippen molar-refractivity contribution in [1.29, 1.82) is 0 Å². The monoisotopic (exact) mass is 341 g/mol. The smallest absolute Gasteiger partial charge is 0.229 e. The Balaban J connectivity index is 1.39. The summed E-state index contributed by atoms with van der Waals surface area (Å²) in [7, 11) is 0. The molecule has 0 aliphatic carbocycles. The summed E-state index contributed by atoms with van der Waals surface area (Å²) in [5.74, 6) is 3.05. The Morgan fingerprint density at radius 3 is 2.44 bits per heavy atom. The van der Waals surface area contributed by atoms with E-state index in [1.54, 1.807) is 11.0 Å². The summed E-state index contributed by atoms with van der Waals surface area (Å²) in [4.78, 5) is 29.4. The van der Waals surface area contributed by atoms with Gasteiger partial charge in [0.15, 0.2) is 5.82 Å². The van der Waals surface area contributed by atoms with Crippen molar-refractivity contribution in [2.24, 2.45) is 17.8 Å². The van der Waals surface area contributed by atoms with E-state index in [4.69, 9.17) is 0 Å². The maximum absolute atomic E-state index is 12.7. The molecule has 2 aliphatic heterocycles. The average Bonchev–Trinajstić information content (AvgIpc) is 3.07. The highest BCUT2D eigenvalue weighted by molar-refractivity contribution is 5.82. The zero-order chi connectivity index (χ0) is 17.4. The molecular weight excluding hydrogens is 318 g/mol. The summed E-state index contributed by atoms with van der Waals surface area (Å²) >= 11 is 0.